The van der Waals surface area contributed by atoms with Gasteiger partial charge in [0, 0.05) is 30.7 Å². The molecule has 9 nitrogen and oxygen atoms in total. The summed E-state index contributed by atoms with van der Waals surface area (Å²) in [4.78, 5) is 48.6. The summed E-state index contributed by atoms with van der Waals surface area (Å²) in [5.74, 6) is -2.14. The number of fused-ring (bicyclic) bond motifs is 1. The van der Waals surface area contributed by atoms with E-state index in [1.165, 1.54) is 28.4 Å². The molecule has 3 N–H and O–H groups in total. The van der Waals surface area contributed by atoms with Crippen LogP contribution in [0.15, 0.2) is 52.4 Å². The van der Waals surface area contributed by atoms with Crippen LogP contribution in [0, 0.1) is 0 Å². The molecule has 0 aliphatic rings. The summed E-state index contributed by atoms with van der Waals surface area (Å²) in [5, 5.41) is 15.4. The van der Waals surface area contributed by atoms with E-state index >= 15 is 0 Å². The highest BCUT2D eigenvalue weighted by Crippen LogP contribution is 2.13. The van der Waals surface area contributed by atoms with E-state index < -0.39 is 34.1 Å². The first-order chi connectivity index (χ1) is 13.8. The molecule has 0 saturated heterocycles. The van der Waals surface area contributed by atoms with Gasteiger partial charge in [0.1, 0.15) is 5.56 Å². The molecule has 2 heterocycles. The van der Waals surface area contributed by atoms with Crippen LogP contribution in [0.4, 0.5) is 0 Å². The van der Waals surface area contributed by atoms with Crippen molar-refractivity contribution in [3.63, 3.8) is 0 Å². The Morgan fingerprint density at radius 3 is 2.66 bits per heavy atom. The van der Waals surface area contributed by atoms with Crippen LogP contribution in [0.2, 0.25) is 5.02 Å². The minimum atomic E-state index is -1.00. The lowest BCUT2D eigenvalue weighted by Gasteiger charge is -2.11. The van der Waals surface area contributed by atoms with Crippen molar-refractivity contribution >= 4 is 28.9 Å². The van der Waals surface area contributed by atoms with Crippen molar-refractivity contribution in [2.75, 3.05) is 13.6 Å². The van der Waals surface area contributed by atoms with E-state index in [9.17, 15) is 24.3 Å². The topological polar surface area (TPSA) is 122 Å². The van der Waals surface area contributed by atoms with Crippen LogP contribution in [0.25, 0.3) is 5.52 Å². The maximum absolute atomic E-state index is 12.8. The number of aromatic hydroxyl groups is 1. The van der Waals surface area contributed by atoms with Gasteiger partial charge in [-0.15, -0.1) is 0 Å². The number of carbonyl (C=O) groups excluding carboxylic acids is 2. The molecule has 0 aliphatic heterocycles. The van der Waals surface area contributed by atoms with Crippen LogP contribution in [0.5, 0.6) is 5.75 Å². The molecule has 10 heteroatoms. The number of benzene rings is 1. The van der Waals surface area contributed by atoms with Gasteiger partial charge in [-0.1, -0.05) is 23.7 Å². The smallest absolute Gasteiger partial charge is 0.279 e. The molecule has 0 atom stereocenters. The Hall–Kier alpha value is -3.59. The molecular weight excluding hydrogens is 400 g/mol. The van der Waals surface area contributed by atoms with Gasteiger partial charge in [0.05, 0.1) is 13.1 Å². The maximum Gasteiger partial charge on any atom is 0.279 e. The van der Waals surface area contributed by atoms with Crippen molar-refractivity contribution in [2.45, 2.75) is 6.54 Å². The molecule has 2 amide bonds. The summed E-state index contributed by atoms with van der Waals surface area (Å²) in [6.07, 6.45) is 4.05. The van der Waals surface area contributed by atoms with E-state index in [2.05, 4.69) is 10.6 Å². The van der Waals surface area contributed by atoms with Gasteiger partial charge in [-0.3, -0.25) is 19.2 Å². The highest BCUT2D eigenvalue weighted by Gasteiger charge is 2.19. The molecule has 150 valence electrons. The summed E-state index contributed by atoms with van der Waals surface area (Å²) in [6.45, 7) is -0.155. The Labute approximate surface area is 169 Å². The third-order valence-electron chi connectivity index (χ3n) is 4.26. The number of hydrogen-bond donors (Lipinski definition) is 3. The van der Waals surface area contributed by atoms with Crippen LogP contribution < -0.4 is 21.6 Å². The Morgan fingerprint density at radius 2 is 1.97 bits per heavy atom. The van der Waals surface area contributed by atoms with Gasteiger partial charge in [-0.05, 0) is 17.7 Å². The molecule has 0 saturated carbocycles. The van der Waals surface area contributed by atoms with Crippen molar-refractivity contribution in [3.8, 4) is 5.75 Å². The van der Waals surface area contributed by atoms with Gasteiger partial charge in [-0.2, -0.15) is 0 Å². The van der Waals surface area contributed by atoms with Crippen molar-refractivity contribution in [1.29, 1.82) is 0 Å². The van der Waals surface area contributed by atoms with Crippen molar-refractivity contribution in [1.82, 2.24) is 19.6 Å². The standard InChI is InChI=1S/C19H17ClN4O5/c1-21-14(25)8-22-18(28)13-10-23-5-6-24(9-11-3-2-4-12(20)7-11)19(29)15(23)17(27)16(13)26/h2-7,10,27H,8-9H2,1H3,(H,21,25)(H,22,28). The molecule has 2 aromatic heterocycles. The van der Waals surface area contributed by atoms with E-state index in [4.69, 9.17) is 11.6 Å². The molecule has 0 bridgehead atoms. The molecule has 29 heavy (non-hydrogen) atoms. The second-order valence-electron chi connectivity index (χ2n) is 6.19. The molecule has 3 aromatic rings. The maximum atomic E-state index is 12.8. The number of aromatic nitrogens is 2. The monoisotopic (exact) mass is 416 g/mol. The highest BCUT2D eigenvalue weighted by molar-refractivity contribution is 6.30. The van der Waals surface area contributed by atoms with Crippen molar-refractivity contribution in [2.24, 2.45) is 0 Å². The van der Waals surface area contributed by atoms with Crippen LogP contribution in [-0.4, -0.2) is 39.5 Å². The van der Waals surface area contributed by atoms with Crippen molar-refractivity contribution in [3.05, 3.63) is 79.6 Å². The minimum absolute atomic E-state index is 0.178. The van der Waals surface area contributed by atoms with Crippen LogP contribution in [-0.2, 0) is 11.3 Å². The first kappa shape index (κ1) is 20.2. The number of nitrogens with one attached hydrogen (secondary N) is 2. The third kappa shape index (κ3) is 4.14. The number of halogens is 1. The fourth-order valence-electron chi connectivity index (χ4n) is 2.77. The first-order valence-electron chi connectivity index (χ1n) is 8.52. The summed E-state index contributed by atoms with van der Waals surface area (Å²) >= 11 is 5.96. The molecule has 0 fully saturated rings. The van der Waals surface area contributed by atoms with E-state index in [1.807, 2.05) is 0 Å². The predicted octanol–water partition coefficient (Wildman–Crippen LogP) is 0.344. The van der Waals surface area contributed by atoms with Crippen molar-refractivity contribution < 1.29 is 14.7 Å². The summed E-state index contributed by atoms with van der Waals surface area (Å²) < 4.78 is 2.51. The minimum Gasteiger partial charge on any atom is -0.503 e. The van der Waals surface area contributed by atoms with Gasteiger partial charge in [0.25, 0.3) is 11.5 Å². The Bertz CT molecular complexity index is 1230. The second kappa shape index (κ2) is 8.19. The van der Waals surface area contributed by atoms with E-state index in [1.54, 1.807) is 24.3 Å². The average Bonchev–Trinajstić information content (AvgIpc) is 2.70. The lowest BCUT2D eigenvalue weighted by atomic mass is 10.2. The van der Waals surface area contributed by atoms with Gasteiger partial charge < -0.3 is 24.7 Å². The predicted molar refractivity (Wildman–Crippen MR) is 107 cm³/mol. The zero-order valence-corrected chi connectivity index (χ0v) is 16.1. The Morgan fingerprint density at radius 1 is 1.21 bits per heavy atom. The average molecular weight is 417 g/mol. The Kier molecular flexibility index (Phi) is 5.69. The first-order valence-corrected chi connectivity index (χ1v) is 8.90. The number of rotatable bonds is 5. The zero-order chi connectivity index (χ0) is 21.1. The van der Waals surface area contributed by atoms with Gasteiger partial charge >= 0.3 is 0 Å². The number of carbonyl (C=O) groups is 2. The molecular formula is C19H17ClN4O5. The van der Waals surface area contributed by atoms with Crippen LogP contribution in [0.3, 0.4) is 0 Å². The molecule has 3 rings (SSSR count). The quantitative estimate of drug-likeness (QED) is 0.554. The molecule has 0 aliphatic carbocycles. The molecule has 0 spiro atoms. The van der Waals surface area contributed by atoms with E-state index in [0.29, 0.717) is 5.02 Å². The van der Waals surface area contributed by atoms with Crippen LogP contribution >= 0.6 is 11.6 Å². The van der Waals surface area contributed by atoms with Gasteiger partial charge in [0.2, 0.25) is 11.3 Å². The van der Waals surface area contributed by atoms with Crippen LogP contribution in [0.1, 0.15) is 15.9 Å². The zero-order valence-electron chi connectivity index (χ0n) is 15.3. The summed E-state index contributed by atoms with van der Waals surface area (Å²) in [7, 11) is 1.40. The summed E-state index contributed by atoms with van der Waals surface area (Å²) in [6, 6.07) is 6.93. The number of likely N-dealkylation sites (N-methyl/N-ethyl adjacent to an activating group) is 1. The molecule has 0 unspecified atom stereocenters. The van der Waals surface area contributed by atoms with E-state index in [0.717, 1.165) is 11.8 Å². The highest BCUT2D eigenvalue weighted by atomic mass is 35.5. The third-order valence-corrected chi connectivity index (χ3v) is 4.49. The number of pyridine rings is 1. The second-order valence-corrected chi connectivity index (χ2v) is 6.63. The lowest BCUT2D eigenvalue weighted by molar-refractivity contribution is -0.119. The summed E-state index contributed by atoms with van der Waals surface area (Å²) in [5.41, 5.74) is -1.51. The van der Waals surface area contributed by atoms with Gasteiger partial charge in [-0.25, -0.2) is 0 Å². The normalized spacial score (nSPS) is 10.7. The fraction of sp³-hybridized carbons (Fsp3) is 0.158. The largest absolute Gasteiger partial charge is 0.503 e. The van der Waals surface area contributed by atoms with E-state index in [-0.39, 0.29) is 18.6 Å². The fourth-order valence-corrected chi connectivity index (χ4v) is 2.98. The number of amides is 2. The molecule has 0 radical (unpaired) electrons. The Balaban J connectivity index is 2.02. The number of hydrogen-bond acceptors (Lipinski definition) is 5. The molecule has 1 aromatic carbocycles. The number of nitrogens with zero attached hydrogens (tertiary/aromatic N) is 2. The SMILES string of the molecule is CNC(=O)CNC(=O)c1cn2ccn(Cc3cccc(Cl)c3)c(=O)c2c(O)c1=O. The lowest BCUT2D eigenvalue weighted by Crippen LogP contribution is -2.37. The van der Waals surface area contributed by atoms with Gasteiger partial charge in [0.15, 0.2) is 11.3 Å².